The van der Waals surface area contributed by atoms with Crippen LogP contribution in [-0.4, -0.2) is 11.8 Å². The monoisotopic (exact) mass is 201 g/mol. The molecule has 0 bridgehead atoms. The summed E-state index contributed by atoms with van der Waals surface area (Å²) >= 11 is 0. The number of carbonyl (C=O) groups is 1. The van der Waals surface area contributed by atoms with Crippen LogP contribution in [0.1, 0.15) is 12.5 Å². The molecule has 14 heavy (non-hydrogen) atoms. The molecule has 0 radical (unpaired) electrons. The fourth-order valence-corrected chi connectivity index (χ4v) is 1.02. The van der Waals surface area contributed by atoms with Gasteiger partial charge in [0.25, 0.3) is 0 Å². The summed E-state index contributed by atoms with van der Waals surface area (Å²) in [5.74, 6) is -0.0636. The van der Waals surface area contributed by atoms with Crippen molar-refractivity contribution < 1.29 is 39.5 Å². The second-order valence-corrected chi connectivity index (χ2v) is 3.07. The molecule has 0 saturated heterocycles. The van der Waals surface area contributed by atoms with E-state index >= 15 is 0 Å². The predicted octanol–water partition coefficient (Wildman–Crippen LogP) is -2.78. The van der Waals surface area contributed by atoms with E-state index in [1.165, 1.54) is 19.1 Å². The van der Waals surface area contributed by atoms with E-state index in [9.17, 15) is 9.90 Å². The number of hydrogen-bond acceptors (Lipinski definition) is 3. The molecular weight excluding hydrogens is 189 g/mol. The average molecular weight is 201 g/mol. The molecule has 1 atom stereocenters. The Balaban J connectivity index is 0.00000169. The minimum absolute atomic E-state index is 0. The van der Waals surface area contributed by atoms with Gasteiger partial charge in [-0.3, -0.25) is 4.79 Å². The van der Waals surface area contributed by atoms with Gasteiger partial charge in [0, 0.05) is 0 Å². The van der Waals surface area contributed by atoms with Crippen molar-refractivity contribution in [3.63, 3.8) is 0 Å². The van der Waals surface area contributed by atoms with Crippen LogP contribution < -0.4 is 40.4 Å². The van der Waals surface area contributed by atoms with Crippen molar-refractivity contribution in [3.8, 4) is 5.75 Å². The first-order valence-corrected chi connectivity index (χ1v) is 4.11. The Labute approximate surface area is 106 Å². The van der Waals surface area contributed by atoms with Gasteiger partial charge in [-0.05, 0) is 18.9 Å². The van der Waals surface area contributed by atoms with E-state index in [4.69, 9.17) is 5.73 Å². The number of hydrogen-bond donors (Lipinski definition) is 1. The molecule has 0 aliphatic rings. The topological polar surface area (TPSA) is 66.2 Å². The van der Waals surface area contributed by atoms with Gasteiger partial charge in [-0.2, -0.15) is 0 Å². The van der Waals surface area contributed by atoms with Crippen LogP contribution in [0.25, 0.3) is 0 Å². The van der Waals surface area contributed by atoms with E-state index in [1.807, 2.05) is 0 Å². The van der Waals surface area contributed by atoms with Gasteiger partial charge in [0.05, 0.1) is 6.04 Å². The molecule has 70 valence electrons. The van der Waals surface area contributed by atoms with Gasteiger partial charge in [-0.25, -0.2) is 0 Å². The Morgan fingerprint density at radius 2 is 1.93 bits per heavy atom. The van der Waals surface area contributed by atoms with Gasteiger partial charge in [0.15, 0.2) is 0 Å². The van der Waals surface area contributed by atoms with Gasteiger partial charge in [0.1, 0.15) is 5.78 Å². The fraction of sp³-hybridized carbons (Fsp3) is 0.300. The molecule has 0 spiro atoms. The number of benzene rings is 1. The molecule has 1 aromatic rings. The molecule has 0 heterocycles. The van der Waals surface area contributed by atoms with E-state index in [0.29, 0.717) is 6.42 Å². The van der Waals surface area contributed by atoms with Gasteiger partial charge >= 0.3 is 29.6 Å². The summed E-state index contributed by atoms with van der Waals surface area (Å²) < 4.78 is 0. The summed E-state index contributed by atoms with van der Waals surface area (Å²) in [6.07, 6.45) is 0.496. The average Bonchev–Trinajstić information content (AvgIpc) is 2.08. The molecule has 4 heteroatoms. The van der Waals surface area contributed by atoms with Gasteiger partial charge < -0.3 is 10.8 Å². The van der Waals surface area contributed by atoms with E-state index < -0.39 is 6.04 Å². The molecule has 0 aliphatic carbocycles. The zero-order valence-corrected chi connectivity index (χ0v) is 10.5. The number of nitrogens with two attached hydrogens (primary N) is 1. The van der Waals surface area contributed by atoms with Crippen LogP contribution in [0.15, 0.2) is 24.3 Å². The summed E-state index contributed by atoms with van der Waals surface area (Å²) in [6, 6.07) is 5.89. The van der Waals surface area contributed by atoms with Gasteiger partial charge in [0.2, 0.25) is 0 Å². The summed E-state index contributed by atoms with van der Waals surface area (Å²) in [4.78, 5) is 10.8. The van der Waals surface area contributed by atoms with Gasteiger partial charge in [-0.15, -0.1) is 5.75 Å². The Morgan fingerprint density at radius 1 is 1.43 bits per heavy atom. The third-order valence-corrected chi connectivity index (χ3v) is 1.90. The van der Waals surface area contributed by atoms with Crippen LogP contribution in [-0.2, 0) is 11.2 Å². The largest absolute Gasteiger partial charge is 1.00 e. The first-order chi connectivity index (χ1) is 6.09. The van der Waals surface area contributed by atoms with Crippen LogP contribution in [0.3, 0.4) is 0 Å². The molecular formula is C10H12NNaO2. The molecule has 0 aliphatic heterocycles. The van der Waals surface area contributed by atoms with Crippen molar-refractivity contribution in [1.29, 1.82) is 0 Å². The maximum absolute atomic E-state index is 10.8. The normalized spacial score (nSPS) is 11.6. The number of carbonyl (C=O) groups excluding carboxylic acids is 1. The first kappa shape index (κ1) is 13.7. The summed E-state index contributed by atoms with van der Waals surface area (Å²) in [5.41, 5.74) is 6.48. The second kappa shape index (κ2) is 6.19. The van der Waals surface area contributed by atoms with E-state index in [1.54, 1.807) is 12.1 Å². The number of rotatable bonds is 3. The quantitative estimate of drug-likeness (QED) is 0.538. The van der Waals surface area contributed by atoms with Crippen LogP contribution >= 0.6 is 0 Å². The molecule has 2 N–H and O–H groups in total. The number of Topliss-reactive ketones (excluding diaryl/α,β-unsaturated/α-hetero) is 1. The Morgan fingerprint density at radius 3 is 2.36 bits per heavy atom. The van der Waals surface area contributed by atoms with Crippen LogP contribution in [0.4, 0.5) is 0 Å². The minimum Gasteiger partial charge on any atom is -0.872 e. The zero-order chi connectivity index (χ0) is 9.84. The maximum Gasteiger partial charge on any atom is 1.00 e. The van der Waals surface area contributed by atoms with E-state index in [2.05, 4.69) is 0 Å². The molecule has 1 aromatic carbocycles. The molecule has 1 unspecified atom stereocenters. The molecule has 0 aromatic heterocycles. The van der Waals surface area contributed by atoms with Gasteiger partial charge in [-0.1, -0.05) is 24.3 Å². The van der Waals surface area contributed by atoms with E-state index in [-0.39, 0.29) is 41.1 Å². The molecule has 0 amide bonds. The van der Waals surface area contributed by atoms with Crippen molar-refractivity contribution >= 4 is 5.78 Å². The SMILES string of the molecule is CC(=O)C(N)Cc1ccc([O-])cc1.[Na+]. The minimum atomic E-state index is -0.461. The second-order valence-electron chi connectivity index (χ2n) is 3.07. The van der Waals surface area contributed by atoms with Crippen LogP contribution in [0.2, 0.25) is 0 Å². The fourth-order valence-electron chi connectivity index (χ4n) is 1.02. The van der Waals surface area contributed by atoms with Crippen LogP contribution in [0.5, 0.6) is 5.75 Å². The molecule has 1 rings (SSSR count). The Kier molecular flexibility index (Phi) is 6.04. The molecule has 3 nitrogen and oxygen atoms in total. The third kappa shape index (κ3) is 4.24. The van der Waals surface area contributed by atoms with Crippen molar-refractivity contribution in [1.82, 2.24) is 0 Å². The van der Waals surface area contributed by atoms with Crippen molar-refractivity contribution in [3.05, 3.63) is 29.8 Å². The summed E-state index contributed by atoms with van der Waals surface area (Å²) in [5, 5.41) is 10.7. The maximum atomic E-state index is 10.8. The third-order valence-electron chi connectivity index (χ3n) is 1.90. The van der Waals surface area contributed by atoms with Crippen LogP contribution in [0, 0.1) is 0 Å². The standard InChI is InChI=1S/C10H13NO2.Na/c1-7(12)10(11)6-8-2-4-9(13)5-3-8;/h2-5,10,13H,6,11H2,1H3;/q;+1/p-1. The summed E-state index contributed by atoms with van der Waals surface area (Å²) in [7, 11) is 0. The Bertz CT molecular complexity index is 297. The van der Waals surface area contributed by atoms with Crippen molar-refractivity contribution in [2.24, 2.45) is 5.73 Å². The Hall–Kier alpha value is -0.350. The number of ketones is 1. The van der Waals surface area contributed by atoms with E-state index in [0.717, 1.165) is 5.56 Å². The smallest absolute Gasteiger partial charge is 0.872 e. The molecule has 0 saturated carbocycles. The predicted molar refractivity (Wildman–Crippen MR) is 48.2 cm³/mol. The zero-order valence-electron chi connectivity index (χ0n) is 8.49. The molecule has 0 fully saturated rings. The van der Waals surface area contributed by atoms with Crippen molar-refractivity contribution in [2.45, 2.75) is 19.4 Å². The first-order valence-electron chi connectivity index (χ1n) is 4.11. The van der Waals surface area contributed by atoms with Crippen molar-refractivity contribution in [2.75, 3.05) is 0 Å². The summed E-state index contributed by atoms with van der Waals surface area (Å²) in [6.45, 7) is 1.46.